The quantitative estimate of drug-likeness (QED) is 0.689. The number of piperidine rings is 1. The monoisotopic (exact) mass is 266 g/mol. The number of methoxy groups -OCH3 is 1. The van der Waals surface area contributed by atoms with Crippen molar-refractivity contribution in [1.29, 1.82) is 0 Å². The maximum absolute atomic E-state index is 12.4. The van der Waals surface area contributed by atoms with Gasteiger partial charge in [-0.25, -0.2) is 0 Å². The van der Waals surface area contributed by atoms with E-state index in [0.717, 1.165) is 25.9 Å². The maximum atomic E-state index is 12.4. The van der Waals surface area contributed by atoms with Gasteiger partial charge in [0.25, 0.3) is 5.91 Å². The fourth-order valence-electron chi connectivity index (χ4n) is 3.56. The average molecular weight is 266 g/mol. The van der Waals surface area contributed by atoms with Crippen LogP contribution in [-0.4, -0.2) is 61.7 Å². The first kappa shape index (κ1) is 12.9. The van der Waals surface area contributed by atoms with Crippen LogP contribution in [0.15, 0.2) is 4.99 Å². The van der Waals surface area contributed by atoms with Crippen LogP contribution in [-0.2, 0) is 9.53 Å². The molecule has 3 heterocycles. The van der Waals surface area contributed by atoms with Crippen LogP contribution >= 0.6 is 0 Å². The molecule has 6 heteroatoms. The van der Waals surface area contributed by atoms with Crippen LogP contribution < -0.4 is 10.6 Å². The van der Waals surface area contributed by atoms with Crippen molar-refractivity contribution >= 4 is 11.9 Å². The second-order valence-corrected chi connectivity index (χ2v) is 5.57. The molecular formula is C13H22N4O2. The first-order valence-electron chi connectivity index (χ1n) is 7.13. The van der Waals surface area contributed by atoms with Crippen LogP contribution in [0.4, 0.5) is 0 Å². The Morgan fingerprint density at radius 3 is 3.21 bits per heavy atom. The standard InChI is InChI=1S/C13H22N4O2/c1-19-9-6-14-12-15-11(18)13(16-12)5-8-17-7-3-2-4-10(13)17/h10H,2-9H2,1H3,(H2,14,15,16,18). The molecule has 6 nitrogen and oxygen atoms in total. The van der Waals surface area contributed by atoms with Crippen LogP contribution in [0.25, 0.3) is 0 Å². The van der Waals surface area contributed by atoms with Gasteiger partial charge in [0.2, 0.25) is 0 Å². The second kappa shape index (κ2) is 5.09. The molecule has 0 bridgehead atoms. The van der Waals surface area contributed by atoms with Gasteiger partial charge in [0.05, 0.1) is 13.2 Å². The van der Waals surface area contributed by atoms with Crippen molar-refractivity contribution in [2.24, 2.45) is 4.99 Å². The van der Waals surface area contributed by atoms with E-state index in [4.69, 9.17) is 4.74 Å². The lowest BCUT2D eigenvalue weighted by Crippen LogP contribution is -2.57. The van der Waals surface area contributed by atoms with Crippen molar-refractivity contribution in [3.63, 3.8) is 0 Å². The second-order valence-electron chi connectivity index (χ2n) is 5.57. The molecule has 19 heavy (non-hydrogen) atoms. The Balaban J connectivity index is 1.74. The predicted octanol–water partition coefficient (Wildman–Crippen LogP) is -0.295. The summed E-state index contributed by atoms with van der Waals surface area (Å²) in [4.78, 5) is 19.2. The zero-order valence-corrected chi connectivity index (χ0v) is 11.4. The van der Waals surface area contributed by atoms with Gasteiger partial charge in [-0.3, -0.25) is 20.0 Å². The summed E-state index contributed by atoms with van der Waals surface area (Å²) in [5, 5.41) is 6.26. The van der Waals surface area contributed by atoms with E-state index in [2.05, 4.69) is 20.5 Å². The highest BCUT2D eigenvalue weighted by molar-refractivity contribution is 6.09. The number of rotatable bonds is 3. The van der Waals surface area contributed by atoms with Crippen LogP contribution in [0.3, 0.4) is 0 Å². The largest absolute Gasteiger partial charge is 0.383 e. The molecule has 106 valence electrons. The summed E-state index contributed by atoms with van der Waals surface area (Å²) in [6.07, 6.45) is 4.45. The van der Waals surface area contributed by atoms with Crippen molar-refractivity contribution in [3.8, 4) is 0 Å². The van der Waals surface area contributed by atoms with Gasteiger partial charge in [-0.15, -0.1) is 0 Å². The van der Waals surface area contributed by atoms with Gasteiger partial charge in [0.1, 0.15) is 5.54 Å². The number of hydrogen-bond acceptors (Lipinski definition) is 4. The van der Waals surface area contributed by atoms with E-state index in [-0.39, 0.29) is 5.91 Å². The molecule has 3 saturated heterocycles. The van der Waals surface area contributed by atoms with Gasteiger partial charge >= 0.3 is 0 Å². The molecule has 2 N–H and O–H groups in total. The van der Waals surface area contributed by atoms with E-state index in [9.17, 15) is 4.79 Å². The molecule has 0 aliphatic carbocycles. The number of carbonyl (C=O) groups is 1. The Kier molecular flexibility index (Phi) is 3.45. The molecule has 0 saturated carbocycles. The lowest BCUT2D eigenvalue weighted by Gasteiger charge is -2.36. The van der Waals surface area contributed by atoms with Gasteiger partial charge in [-0.05, 0) is 25.8 Å². The predicted molar refractivity (Wildman–Crippen MR) is 72.0 cm³/mol. The summed E-state index contributed by atoms with van der Waals surface area (Å²) in [7, 11) is 1.65. The first-order valence-corrected chi connectivity index (χ1v) is 7.13. The zero-order valence-electron chi connectivity index (χ0n) is 11.4. The van der Waals surface area contributed by atoms with Crippen molar-refractivity contribution in [2.45, 2.75) is 37.3 Å². The molecule has 3 aliphatic rings. The number of hydrogen-bond donors (Lipinski definition) is 2. The minimum atomic E-state index is -0.438. The van der Waals surface area contributed by atoms with E-state index in [1.54, 1.807) is 7.11 Å². The molecule has 3 aliphatic heterocycles. The fraction of sp³-hybridized carbons (Fsp3) is 0.846. The van der Waals surface area contributed by atoms with E-state index in [1.807, 2.05) is 0 Å². The summed E-state index contributed by atoms with van der Waals surface area (Å²) >= 11 is 0. The number of fused-ring (bicyclic) bond motifs is 2. The molecular weight excluding hydrogens is 244 g/mol. The summed E-state index contributed by atoms with van der Waals surface area (Å²) < 4.78 is 4.98. The molecule has 0 aromatic heterocycles. The number of carbonyl (C=O) groups excluding carboxylic acids is 1. The van der Waals surface area contributed by atoms with Gasteiger partial charge in [-0.2, -0.15) is 0 Å². The Morgan fingerprint density at radius 1 is 1.47 bits per heavy atom. The summed E-state index contributed by atoms with van der Waals surface area (Å²) in [5.41, 5.74) is -0.438. The van der Waals surface area contributed by atoms with E-state index < -0.39 is 5.54 Å². The smallest absolute Gasteiger partial charge is 0.254 e. The minimum absolute atomic E-state index is 0.0954. The molecule has 1 amide bonds. The summed E-state index contributed by atoms with van der Waals surface area (Å²) in [6, 6.07) is 0.330. The zero-order chi connectivity index (χ0) is 13.3. The fourth-order valence-corrected chi connectivity index (χ4v) is 3.56. The van der Waals surface area contributed by atoms with Crippen molar-refractivity contribution in [3.05, 3.63) is 0 Å². The molecule has 0 radical (unpaired) electrons. The lowest BCUT2D eigenvalue weighted by molar-refractivity contribution is -0.125. The van der Waals surface area contributed by atoms with Gasteiger partial charge < -0.3 is 10.1 Å². The molecule has 3 rings (SSSR count). The first-order chi connectivity index (χ1) is 9.26. The molecule has 2 unspecified atom stereocenters. The SMILES string of the molecule is COCCN=C1NC(=O)C2(CCN3CCCCC32)N1. The highest BCUT2D eigenvalue weighted by atomic mass is 16.5. The Morgan fingerprint density at radius 2 is 2.37 bits per heavy atom. The Bertz CT molecular complexity index is 398. The van der Waals surface area contributed by atoms with Crippen molar-refractivity contribution in [2.75, 3.05) is 33.4 Å². The minimum Gasteiger partial charge on any atom is -0.383 e. The van der Waals surface area contributed by atoms with Gasteiger partial charge in [-0.1, -0.05) is 6.42 Å². The Hall–Kier alpha value is -1.14. The maximum Gasteiger partial charge on any atom is 0.254 e. The molecule has 0 aromatic rings. The highest BCUT2D eigenvalue weighted by Gasteiger charge is 2.56. The lowest BCUT2D eigenvalue weighted by atomic mass is 9.85. The summed E-state index contributed by atoms with van der Waals surface area (Å²) in [5.74, 6) is 0.715. The van der Waals surface area contributed by atoms with Crippen molar-refractivity contribution in [1.82, 2.24) is 15.5 Å². The van der Waals surface area contributed by atoms with E-state index >= 15 is 0 Å². The molecule has 1 spiro atoms. The molecule has 3 fully saturated rings. The summed E-state index contributed by atoms with van der Waals surface area (Å²) in [6.45, 7) is 3.28. The number of nitrogens with zero attached hydrogens (tertiary/aromatic N) is 2. The van der Waals surface area contributed by atoms with Crippen LogP contribution in [0.1, 0.15) is 25.7 Å². The van der Waals surface area contributed by atoms with Crippen LogP contribution in [0, 0.1) is 0 Å². The number of guanidine groups is 1. The molecule has 2 atom stereocenters. The third-order valence-corrected chi connectivity index (χ3v) is 4.52. The number of ether oxygens (including phenoxy) is 1. The number of nitrogens with one attached hydrogen (secondary N) is 2. The van der Waals surface area contributed by atoms with Crippen LogP contribution in [0.2, 0.25) is 0 Å². The highest BCUT2D eigenvalue weighted by Crippen LogP contribution is 2.36. The topological polar surface area (TPSA) is 66.0 Å². The Labute approximate surface area is 113 Å². The third-order valence-electron chi connectivity index (χ3n) is 4.52. The average Bonchev–Trinajstić information content (AvgIpc) is 2.94. The van der Waals surface area contributed by atoms with E-state index in [0.29, 0.717) is 25.2 Å². The molecule has 0 aromatic carbocycles. The normalized spacial score (nSPS) is 36.6. The van der Waals surface area contributed by atoms with Crippen molar-refractivity contribution < 1.29 is 9.53 Å². The van der Waals surface area contributed by atoms with Gasteiger partial charge in [0, 0.05) is 19.7 Å². The van der Waals surface area contributed by atoms with Crippen LogP contribution in [0.5, 0.6) is 0 Å². The number of amides is 1. The third kappa shape index (κ3) is 2.12. The van der Waals surface area contributed by atoms with E-state index in [1.165, 1.54) is 12.8 Å². The number of aliphatic imine (C=N–C) groups is 1. The van der Waals surface area contributed by atoms with Gasteiger partial charge in [0.15, 0.2) is 5.96 Å².